The molecule has 0 aliphatic carbocycles. The lowest BCUT2D eigenvalue weighted by molar-refractivity contribution is 0.0132. The van der Waals surface area contributed by atoms with Gasteiger partial charge in [0.15, 0.2) is 5.96 Å². The third-order valence-corrected chi connectivity index (χ3v) is 4.95. The minimum absolute atomic E-state index is 0. The van der Waals surface area contributed by atoms with E-state index in [1.807, 2.05) is 13.1 Å². The van der Waals surface area contributed by atoms with E-state index in [0.29, 0.717) is 12.0 Å². The molecule has 1 fully saturated rings. The molecule has 1 aromatic carbocycles. The first-order valence-corrected chi connectivity index (χ1v) is 9.93. The fourth-order valence-corrected chi connectivity index (χ4v) is 3.52. The van der Waals surface area contributed by atoms with Crippen LogP contribution in [0.25, 0.3) is 0 Å². The van der Waals surface area contributed by atoms with Crippen LogP contribution in [0, 0.1) is 12.8 Å². The zero-order chi connectivity index (χ0) is 19.6. The summed E-state index contributed by atoms with van der Waals surface area (Å²) in [5.41, 5.74) is 2.35. The molecule has 0 amide bonds. The molecular formula is C21H37IN4O2. The van der Waals surface area contributed by atoms with E-state index in [9.17, 15) is 0 Å². The van der Waals surface area contributed by atoms with E-state index in [1.54, 1.807) is 7.11 Å². The Labute approximate surface area is 187 Å². The number of halogens is 1. The van der Waals surface area contributed by atoms with Crippen molar-refractivity contribution in [1.29, 1.82) is 0 Å². The second kappa shape index (κ2) is 13.2. The van der Waals surface area contributed by atoms with Crippen molar-refractivity contribution in [2.45, 2.75) is 39.8 Å². The fraction of sp³-hybridized carbons (Fsp3) is 0.667. The van der Waals surface area contributed by atoms with Gasteiger partial charge in [-0.2, -0.15) is 0 Å². The minimum Gasteiger partial charge on any atom is -0.496 e. The van der Waals surface area contributed by atoms with Gasteiger partial charge < -0.3 is 20.1 Å². The van der Waals surface area contributed by atoms with Gasteiger partial charge in [-0.05, 0) is 36.5 Å². The summed E-state index contributed by atoms with van der Waals surface area (Å²) < 4.78 is 10.8. The summed E-state index contributed by atoms with van der Waals surface area (Å²) in [6, 6.07) is 6.74. The van der Waals surface area contributed by atoms with Gasteiger partial charge in [0.05, 0.1) is 20.3 Å². The zero-order valence-electron chi connectivity index (χ0n) is 18.0. The molecule has 7 heteroatoms. The largest absolute Gasteiger partial charge is 0.496 e. The second-order valence-corrected chi connectivity index (χ2v) is 7.54. The molecule has 0 bridgehead atoms. The summed E-state index contributed by atoms with van der Waals surface area (Å²) in [7, 11) is 3.52. The number of nitrogens with one attached hydrogen (secondary N) is 2. The second-order valence-electron chi connectivity index (χ2n) is 7.54. The van der Waals surface area contributed by atoms with Gasteiger partial charge in [-0.3, -0.25) is 9.89 Å². The lowest BCUT2D eigenvalue weighted by atomic mass is 10.0. The molecule has 2 rings (SSSR count). The fourth-order valence-electron chi connectivity index (χ4n) is 3.52. The van der Waals surface area contributed by atoms with Crippen molar-refractivity contribution in [1.82, 2.24) is 15.5 Å². The van der Waals surface area contributed by atoms with Crippen LogP contribution in [0.5, 0.6) is 5.75 Å². The van der Waals surface area contributed by atoms with Crippen LogP contribution in [0.15, 0.2) is 23.2 Å². The number of aryl methyl sites for hydroxylation is 1. The molecule has 6 nitrogen and oxygen atoms in total. The number of hydrogen-bond donors (Lipinski definition) is 2. The maximum atomic E-state index is 5.51. The first-order chi connectivity index (χ1) is 13.0. The van der Waals surface area contributed by atoms with Gasteiger partial charge in [0.2, 0.25) is 0 Å². The minimum atomic E-state index is 0. The van der Waals surface area contributed by atoms with Crippen molar-refractivity contribution < 1.29 is 9.47 Å². The summed E-state index contributed by atoms with van der Waals surface area (Å²) in [4.78, 5) is 6.92. The first kappa shape index (κ1) is 25.0. The third-order valence-electron chi connectivity index (χ3n) is 4.95. The van der Waals surface area contributed by atoms with E-state index < -0.39 is 0 Å². The highest BCUT2D eigenvalue weighted by molar-refractivity contribution is 14.0. The summed E-state index contributed by atoms with van der Waals surface area (Å²) in [5, 5.41) is 6.93. The molecule has 1 aliphatic rings. The van der Waals surface area contributed by atoms with Crippen molar-refractivity contribution >= 4 is 29.9 Å². The number of nitrogens with zero attached hydrogens (tertiary/aromatic N) is 2. The van der Waals surface area contributed by atoms with Crippen LogP contribution in [-0.4, -0.2) is 63.9 Å². The Bertz CT molecular complexity index is 604. The number of guanidine groups is 1. The highest BCUT2D eigenvalue weighted by atomic mass is 127. The van der Waals surface area contributed by atoms with Gasteiger partial charge in [-0.15, -0.1) is 24.0 Å². The number of rotatable bonds is 8. The SMILES string of the molecule is CN=C(NCc1ccc(OC)c(C)c1)NCC(CC(C)C)N1CCOCC1.I. The van der Waals surface area contributed by atoms with E-state index in [1.165, 1.54) is 12.0 Å². The number of aliphatic imine (C=N–C) groups is 1. The maximum Gasteiger partial charge on any atom is 0.191 e. The molecule has 1 aliphatic heterocycles. The highest BCUT2D eigenvalue weighted by Gasteiger charge is 2.22. The van der Waals surface area contributed by atoms with Gasteiger partial charge in [-0.1, -0.05) is 26.0 Å². The van der Waals surface area contributed by atoms with E-state index >= 15 is 0 Å². The van der Waals surface area contributed by atoms with Crippen LogP contribution >= 0.6 is 24.0 Å². The molecule has 1 aromatic rings. The number of ether oxygens (including phenoxy) is 2. The molecule has 1 unspecified atom stereocenters. The Morgan fingerprint density at radius 3 is 2.54 bits per heavy atom. The number of hydrogen-bond acceptors (Lipinski definition) is 4. The van der Waals surface area contributed by atoms with Crippen LogP contribution in [0.3, 0.4) is 0 Å². The van der Waals surface area contributed by atoms with Gasteiger partial charge in [0.1, 0.15) is 5.75 Å². The molecule has 28 heavy (non-hydrogen) atoms. The van der Waals surface area contributed by atoms with Crippen molar-refractivity contribution in [2.24, 2.45) is 10.9 Å². The van der Waals surface area contributed by atoms with Crippen LogP contribution in [0.1, 0.15) is 31.4 Å². The molecule has 1 saturated heterocycles. The smallest absolute Gasteiger partial charge is 0.191 e. The molecule has 2 N–H and O–H groups in total. The van der Waals surface area contributed by atoms with Crippen molar-refractivity contribution in [2.75, 3.05) is 47.0 Å². The lowest BCUT2D eigenvalue weighted by Gasteiger charge is -2.35. The molecule has 0 radical (unpaired) electrons. The average Bonchev–Trinajstić information content (AvgIpc) is 2.67. The topological polar surface area (TPSA) is 58.1 Å². The van der Waals surface area contributed by atoms with Crippen LogP contribution < -0.4 is 15.4 Å². The Balaban J connectivity index is 0.00000392. The lowest BCUT2D eigenvalue weighted by Crippen LogP contribution is -2.50. The van der Waals surface area contributed by atoms with Crippen LogP contribution in [-0.2, 0) is 11.3 Å². The number of methoxy groups -OCH3 is 1. The molecule has 0 spiro atoms. The molecule has 1 heterocycles. The average molecular weight is 504 g/mol. The summed E-state index contributed by atoms with van der Waals surface area (Å²) in [6.45, 7) is 11.9. The van der Waals surface area contributed by atoms with E-state index in [0.717, 1.165) is 56.7 Å². The zero-order valence-corrected chi connectivity index (χ0v) is 20.3. The molecular weight excluding hydrogens is 467 g/mol. The van der Waals surface area contributed by atoms with Crippen molar-refractivity contribution in [3.8, 4) is 5.75 Å². The highest BCUT2D eigenvalue weighted by Crippen LogP contribution is 2.18. The Hall–Kier alpha value is -1.06. The predicted octanol–water partition coefficient (Wildman–Crippen LogP) is 3.03. The van der Waals surface area contributed by atoms with Gasteiger partial charge in [0, 0.05) is 39.3 Å². The molecule has 0 saturated carbocycles. The van der Waals surface area contributed by atoms with Crippen LogP contribution in [0.2, 0.25) is 0 Å². The summed E-state index contributed by atoms with van der Waals surface area (Å²) >= 11 is 0. The first-order valence-electron chi connectivity index (χ1n) is 9.93. The normalized spacial score (nSPS) is 16.4. The van der Waals surface area contributed by atoms with Gasteiger partial charge in [0.25, 0.3) is 0 Å². The maximum absolute atomic E-state index is 5.51. The molecule has 1 atom stereocenters. The van der Waals surface area contributed by atoms with Gasteiger partial charge in [-0.25, -0.2) is 0 Å². The Morgan fingerprint density at radius 1 is 1.25 bits per heavy atom. The van der Waals surface area contributed by atoms with Crippen LogP contribution in [0.4, 0.5) is 0 Å². The van der Waals surface area contributed by atoms with E-state index in [2.05, 4.69) is 53.4 Å². The molecule has 160 valence electrons. The number of benzene rings is 1. The number of morpholine rings is 1. The van der Waals surface area contributed by atoms with E-state index in [-0.39, 0.29) is 24.0 Å². The monoisotopic (exact) mass is 504 g/mol. The van der Waals surface area contributed by atoms with Crippen molar-refractivity contribution in [3.63, 3.8) is 0 Å². The Morgan fingerprint density at radius 2 is 1.96 bits per heavy atom. The summed E-state index contributed by atoms with van der Waals surface area (Å²) in [5.74, 6) is 2.42. The van der Waals surface area contributed by atoms with E-state index in [4.69, 9.17) is 9.47 Å². The predicted molar refractivity (Wildman–Crippen MR) is 127 cm³/mol. The summed E-state index contributed by atoms with van der Waals surface area (Å²) in [6.07, 6.45) is 1.17. The standard InChI is InChI=1S/C21H36N4O2.HI/c1-16(2)12-19(25-8-10-27-11-9-25)15-24-21(22-4)23-14-18-6-7-20(26-5)17(3)13-18;/h6-7,13,16,19H,8-12,14-15H2,1-5H3,(H2,22,23,24);1H. The Kier molecular flexibility index (Phi) is 11.8. The third kappa shape index (κ3) is 8.13. The molecule has 0 aromatic heterocycles. The quantitative estimate of drug-likeness (QED) is 0.324. The van der Waals surface area contributed by atoms with Crippen molar-refractivity contribution in [3.05, 3.63) is 29.3 Å². The van der Waals surface area contributed by atoms with Gasteiger partial charge >= 0.3 is 0 Å².